The van der Waals surface area contributed by atoms with Crippen LogP contribution in [0.3, 0.4) is 0 Å². The van der Waals surface area contributed by atoms with E-state index in [2.05, 4.69) is 58.2 Å². The highest BCUT2D eigenvalue weighted by Gasteiger charge is 2.50. The van der Waals surface area contributed by atoms with Crippen LogP contribution in [-0.4, -0.2) is 70.9 Å². The summed E-state index contributed by atoms with van der Waals surface area (Å²) in [5.74, 6) is 0.650. The molecule has 2 fully saturated rings. The number of nitrogens with zero attached hydrogens (tertiary/aromatic N) is 5. The van der Waals surface area contributed by atoms with Crippen molar-refractivity contribution in [1.29, 1.82) is 0 Å². The van der Waals surface area contributed by atoms with E-state index in [1.54, 1.807) is 4.68 Å². The summed E-state index contributed by atoms with van der Waals surface area (Å²) in [6.45, 7) is 4.99. The van der Waals surface area contributed by atoms with Gasteiger partial charge in [-0.15, -0.1) is 0 Å². The number of hydrogen-bond acceptors (Lipinski definition) is 8. The predicted octanol–water partition coefficient (Wildman–Crippen LogP) is 2.84. The first-order chi connectivity index (χ1) is 16.9. The Bertz CT molecular complexity index is 1200. The molecule has 35 heavy (non-hydrogen) atoms. The van der Waals surface area contributed by atoms with Gasteiger partial charge in [-0.2, -0.15) is 4.68 Å². The van der Waals surface area contributed by atoms with E-state index in [9.17, 15) is 0 Å². The van der Waals surface area contributed by atoms with Gasteiger partial charge in [-0.1, -0.05) is 17.2 Å². The van der Waals surface area contributed by atoms with Crippen LogP contribution in [0.25, 0.3) is 0 Å². The van der Waals surface area contributed by atoms with Crippen LogP contribution in [0.4, 0.5) is 11.4 Å². The zero-order valence-electron chi connectivity index (χ0n) is 20.1. The first-order valence-electron chi connectivity index (χ1n) is 11.5. The second-order valence-electron chi connectivity index (χ2n) is 9.14. The molecule has 4 atom stereocenters. The zero-order chi connectivity index (χ0) is 24.5. The van der Waals surface area contributed by atoms with Gasteiger partial charge in [0.05, 0.1) is 19.3 Å². The molecule has 1 aromatic heterocycles. The average molecular weight is 496 g/mol. The van der Waals surface area contributed by atoms with E-state index in [1.165, 1.54) is 11.1 Å². The standard InChI is InChI=1S/C24H29N7O3S/c1-14-8-15(2)10-16(9-14)25-23(35)26-19-12-32-22-20(13-33-21(19)22)31-24(27-28-29-31)34-18-7-5-6-17(11-18)30(3)4/h5-11,19-22H,12-13H2,1-4H3,(H2,25,26,35)/t19-,20-,21+,22+/m0/s1. The molecular formula is C24H29N7O3S. The normalized spacial score (nSPS) is 23.1. The molecule has 5 rings (SSSR count). The molecular weight excluding hydrogens is 466 g/mol. The highest BCUT2D eigenvalue weighted by atomic mass is 32.1. The Kier molecular flexibility index (Phi) is 6.54. The Morgan fingerprint density at radius 3 is 2.63 bits per heavy atom. The molecule has 3 aromatic rings. The number of aromatic nitrogens is 4. The van der Waals surface area contributed by atoms with Crippen LogP contribution >= 0.6 is 12.2 Å². The van der Waals surface area contributed by atoms with Crippen molar-refractivity contribution in [2.45, 2.75) is 38.1 Å². The van der Waals surface area contributed by atoms with Crippen LogP contribution in [0.1, 0.15) is 17.2 Å². The van der Waals surface area contributed by atoms with Gasteiger partial charge >= 0.3 is 6.01 Å². The van der Waals surface area contributed by atoms with E-state index < -0.39 is 0 Å². The van der Waals surface area contributed by atoms with Gasteiger partial charge in [0.25, 0.3) is 0 Å². The number of tetrazole rings is 1. The van der Waals surface area contributed by atoms with Gasteiger partial charge in [0.1, 0.15) is 24.0 Å². The van der Waals surface area contributed by atoms with Crippen LogP contribution in [0.2, 0.25) is 0 Å². The van der Waals surface area contributed by atoms with Gasteiger partial charge in [-0.05, 0) is 71.9 Å². The fraction of sp³-hybridized carbons (Fsp3) is 0.417. The summed E-state index contributed by atoms with van der Waals surface area (Å²) in [5, 5.41) is 19.2. The molecule has 184 valence electrons. The summed E-state index contributed by atoms with van der Waals surface area (Å²) < 4.78 is 19.9. The van der Waals surface area contributed by atoms with Gasteiger partial charge in [-0.25, -0.2) is 0 Å². The molecule has 0 spiro atoms. The van der Waals surface area contributed by atoms with E-state index in [-0.39, 0.29) is 24.3 Å². The number of anilines is 2. The molecule has 0 saturated carbocycles. The van der Waals surface area contributed by atoms with Crippen LogP contribution in [0.15, 0.2) is 42.5 Å². The minimum atomic E-state index is -0.226. The van der Waals surface area contributed by atoms with Crippen molar-refractivity contribution in [3.63, 3.8) is 0 Å². The molecule has 2 aromatic carbocycles. The molecule has 11 heteroatoms. The number of thiocarbonyl (C=S) groups is 1. The summed E-state index contributed by atoms with van der Waals surface area (Å²) in [6, 6.07) is 14.0. The molecule has 0 unspecified atom stereocenters. The van der Waals surface area contributed by atoms with Crippen molar-refractivity contribution in [2.24, 2.45) is 0 Å². The van der Waals surface area contributed by atoms with E-state index in [0.717, 1.165) is 11.4 Å². The maximum atomic E-state index is 6.12. The number of nitrogens with one attached hydrogen (secondary N) is 2. The molecule has 3 heterocycles. The number of aryl methyl sites for hydroxylation is 2. The minimum absolute atomic E-state index is 0.0893. The fourth-order valence-corrected chi connectivity index (χ4v) is 4.86. The highest BCUT2D eigenvalue weighted by molar-refractivity contribution is 7.80. The van der Waals surface area contributed by atoms with E-state index >= 15 is 0 Å². The second-order valence-corrected chi connectivity index (χ2v) is 9.55. The van der Waals surface area contributed by atoms with Crippen LogP contribution in [-0.2, 0) is 9.47 Å². The predicted molar refractivity (Wildman–Crippen MR) is 136 cm³/mol. The monoisotopic (exact) mass is 495 g/mol. The molecule has 2 saturated heterocycles. The fourth-order valence-electron chi connectivity index (χ4n) is 4.59. The summed E-state index contributed by atoms with van der Waals surface area (Å²) in [6.07, 6.45) is -0.413. The Morgan fingerprint density at radius 1 is 1.09 bits per heavy atom. The smallest absolute Gasteiger partial charge is 0.341 e. The zero-order valence-corrected chi connectivity index (χ0v) is 21.0. The average Bonchev–Trinajstić information content (AvgIpc) is 3.51. The van der Waals surface area contributed by atoms with Gasteiger partial charge in [0.15, 0.2) is 5.11 Å². The summed E-state index contributed by atoms with van der Waals surface area (Å²) in [7, 11) is 3.95. The molecule has 0 aliphatic carbocycles. The first kappa shape index (κ1) is 23.5. The van der Waals surface area contributed by atoms with E-state index in [4.69, 9.17) is 26.4 Å². The maximum absolute atomic E-state index is 6.12. The van der Waals surface area contributed by atoms with Crippen molar-refractivity contribution in [2.75, 3.05) is 37.5 Å². The van der Waals surface area contributed by atoms with Gasteiger partial charge < -0.3 is 29.7 Å². The molecule has 0 amide bonds. The molecule has 2 N–H and O–H groups in total. The Labute approximate surface area is 209 Å². The van der Waals surface area contributed by atoms with Crippen molar-refractivity contribution in [1.82, 2.24) is 25.5 Å². The minimum Gasteiger partial charge on any atom is -0.423 e. The highest BCUT2D eigenvalue weighted by Crippen LogP contribution is 2.36. The van der Waals surface area contributed by atoms with Crippen molar-refractivity contribution < 1.29 is 14.2 Å². The molecule has 0 bridgehead atoms. The van der Waals surface area contributed by atoms with Gasteiger partial charge in [0.2, 0.25) is 0 Å². The van der Waals surface area contributed by atoms with Crippen molar-refractivity contribution in [3.05, 3.63) is 53.6 Å². The topological polar surface area (TPSA) is 98.6 Å². The van der Waals surface area contributed by atoms with E-state index in [0.29, 0.717) is 30.1 Å². The summed E-state index contributed by atoms with van der Waals surface area (Å²) in [4.78, 5) is 2.00. The van der Waals surface area contributed by atoms with Gasteiger partial charge in [-0.3, -0.25) is 0 Å². The van der Waals surface area contributed by atoms with Crippen molar-refractivity contribution in [3.8, 4) is 11.8 Å². The lowest BCUT2D eigenvalue weighted by Gasteiger charge is -2.20. The lowest BCUT2D eigenvalue weighted by molar-refractivity contribution is 0.0615. The van der Waals surface area contributed by atoms with Crippen LogP contribution in [0, 0.1) is 13.8 Å². The first-order valence-corrected chi connectivity index (χ1v) is 11.9. The Morgan fingerprint density at radius 2 is 1.86 bits per heavy atom. The quantitative estimate of drug-likeness (QED) is 0.497. The third-order valence-corrected chi connectivity index (χ3v) is 6.36. The lowest BCUT2D eigenvalue weighted by Crippen LogP contribution is -2.45. The summed E-state index contributed by atoms with van der Waals surface area (Å²) >= 11 is 5.56. The summed E-state index contributed by atoms with van der Waals surface area (Å²) in [5.41, 5.74) is 4.32. The number of hydrogen-bond donors (Lipinski definition) is 2. The van der Waals surface area contributed by atoms with Crippen molar-refractivity contribution >= 4 is 28.7 Å². The SMILES string of the molecule is Cc1cc(C)cc(NC(=S)N[C@H]2CO[C@H]3[C@@H]2OC[C@@H]3n2nnnc2Oc2cccc(N(C)C)c2)c1. The van der Waals surface area contributed by atoms with Crippen LogP contribution in [0.5, 0.6) is 11.8 Å². The Balaban J connectivity index is 1.24. The van der Waals surface area contributed by atoms with Gasteiger partial charge in [0, 0.05) is 31.5 Å². The van der Waals surface area contributed by atoms with E-state index in [1.807, 2.05) is 43.3 Å². The lowest BCUT2D eigenvalue weighted by atomic mass is 10.1. The number of benzene rings is 2. The molecule has 10 nitrogen and oxygen atoms in total. The molecule has 2 aliphatic heterocycles. The third kappa shape index (κ3) is 5.07. The van der Waals surface area contributed by atoms with Crippen LogP contribution < -0.4 is 20.3 Å². The number of rotatable bonds is 6. The molecule has 2 aliphatic rings. The number of ether oxygens (including phenoxy) is 3. The Hall–Kier alpha value is -3.28. The molecule has 0 radical (unpaired) electrons. The third-order valence-electron chi connectivity index (χ3n) is 6.14. The second kappa shape index (κ2) is 9.76. The maximum Gasteiger partial charge on any atom is 0.341 e. The largest absolute Gasteiger partial charge is 0.423 e. The number of fused-ring (bicyclic) bond motifs is 1.